The summed E-state index contributed by atoms with van der Waals surface area (Å²) in [6.07, 6.45) is 5.57. The van der Waals surface area contributed by atoms with Crippen molar-refractivity contribution in [1.82, 2.24) is 29.3 Å². The Bertz CT molecular complexity index is 1300. The first-order chi connectivity index (χ1) is 19.2. The highest BCUT2D eigenvalue weighted by molar-refractivity contribution is 7.44. The predicted molar refractivity (Wildman–Crippen MR) is 154 cm³/mol. The van der Waals surface area contributed by atoms with Gasteiger partial charge in [0.1, 0.15) is 12.0 Å². The van der Waals surface area contributed by atoms with Crippen LogP contribution in [0.3, 0.4) is 0 Å². The number of furan rings is 1. The molecule has 1 fully saturated rings. The molecule has 0 N–H and O–H groups in total. The number of rotatable bonds is 13. The number of hydrogen-bond donors (Lipinski definition) is 0. The molecule has 0 amide bonds. The van der Waals surface area contributed by atoms with E-state index in [0.717, 1.165) is 6.42 Å². The highest BCUT2D eigenvalue weighted by atomic mass is 31.2. The molecule has 40 heavy (non-hydrogen) atoms. The van der Waals surface area contributed by atoms with Crippen LogP contribution < -0.4 is 0 Å². The second-order valence-corrected chi connectivity index (χ2v) is 11.7. The molecular formula is C27H39N8O4P. The molecule has 1 saturated heterocycles. The minimum absolute atomic E-state index is 0.171. The maximum Gasteiger partial charge on any atom is 0.259 e. The molecule has 0 radical (unpaired) electrons. The van der Waals surface area contributed by atoms with Gasteiger partial charge in [-0.05, 0) is 46.2 Å². The Morgan fingerprint density at radius 2 is 2.05 bits per heavy atom. The van der Waals surface area contributed by atoms with Crippen LogP contribution in [0.1, 0.15) is 60.1 Å². The van der Waals surface area contributed by atoms with Crippen molar-refractivity contribution in [2.24, 2.45) is 4.99 Å². The lowest BCUT2D eigenvalue weighted by Gasteiger charge is -2.37. The van der Waals surface area contributed by atoms with E-state index in [1.165, 1.54) is 6.33 Å². The fourth-order valence-corrected chi connectivity index (χ4v) is 6.50. The highest BCUT2D eigenvalue weighted by Crippen LogP contribution is 2.50. The summed E-state index contributed by atoms with van der Waals surface area (Å²) in [5.74, 6) is 1.09. The van der Waals surface area contributed by atoms with Crippen molar-refractivity contribution >= 4 is 31.7 Å². The number of nitriles is 1. The monoisotopic (exact) mass is 570 g/mol. The zero-order chi connectivity index (χ0) is 28.8. The molecule has 4 heterocycles. The zero-order valence-electron chi connectivity index (χ0n) is 24.3. The highest BCUT2D eigenvalue weighted by Gasteiger charge is 2.41. The van der Waals surface area contributed by atoms with Crippen molar-refractivity contribution < 1.29 is 18.2 Å². The molecular weight excluding hydrogens is 531 g/mol. The van der Waals surface area contributed by atoms with Crippen LogP contribution in [0.5, 0.6) is 0 Å². The van der Waals surface area contributed by atoms with Crippen molar-refractivity contribution in [3.63, 3.8) is 0 Å². The van der Waals surface area contributed by atoms with Gasteiger partial charge < -0.3 is 23.1 Å². The predicted octanol–water partition coefficient (Wildman–Crippen LogP) is 5.67. The third kappa shape index (κ3) is 6.67. The molecule has 0 spiro atoms. The van der Waals surface area contributed by atoms with Gasteiger partial charge in [-0.15, -0.1) is 0 Å². The van der Waals surface area contributed by atoms with Crippen molar-refractivity contribution in [3.8, 4) is 17.5 Å². The van der Waals surface area contributed by atoms with Gasteiger partial charge >= 0.3 is 0 Å². The summed E-state index contributed by atoms with van der Waals surface area (Å²) < 4.78 is 29.1. The molecule has 4 atom stereocenters. The Labute approximate surface area is 236 Å². The van der Waals surface area contributed by atoms with E-state index >= 15 is 0 Å². The van der Waals surface area contributed by atoms with Crippen molar-refractivity contribution in [2.75, 3.05) is 20.7 Å². The van der Waals surface area contributed by atoms with Gasteiger partial charge in [-0.2, -0.15) is 10.4 Å². The summed E-state index contributed by atoms with van der Waals surface area (Å²) in [5, 5.41) is 14.7. The molecule has 3 aromatic rings. The summed E-state index contributed by atoms with van der Waals surface area (Å²) in [5.41, 5.74) is 1.20. The van der Waals surface area contributed by atoms with Crippen LogP contribution in [0.4, 0.5) is 5.82 Å². The van der Waals surface area contributed by atoms with E-state index in [1.54, 1.807) is 17.3 Å². The first kappa shape index (κ1) is 30.0. The van der Waals surface area contributed by atoms with Crippen LogP contribution in [-0.4, -0.2) is 80.7 Å². The summed E-state index contributed by atoms with van der Waals surface area (Å²) in [6.45, 7) is 10.9. The van der Waals surface area contributed by atoms with Gasteiger partial charge in [-0.25, -0.2) is 24.3 Å². The van der Waals surface area contributed by atoms with Gasteiger partial charge in [0.2, 0.25) is 0 Å². The third-order valence-electron chi connectivity index (χ3n) is 6.38. The third-order valence-corrected chi connectivity index (χ3v) is 8.53. The first-order valence-corrected chi connectivity index (χ1v) is 14.8. The quantitative estimate of drug-likeness (QED) is 0.110. The van der Waals surface area contributed by atoms with Gasteiger partial charge in [-0.3, -0.25) is 0 Å². The summed E-state index contributed by atoms with van der Waals surface area (Å²) in [4.78, 5) is 15.4. The summed E-state index contributed by atoms with van der Waals surface area (Å²) in [6, 6.07) is 6.24. The van der Waals surface area contributed by atoms with E-state index in [0.29, 0.717) is 47.8 Å². The van der Waals surface area contributed by atoms with Gasteiger partial charge in [0.05, 0.1) is 49.3 Å². The van der Waals surface area contributed by atoms with Crippen LogP contribution in [0.25, 0.3) is 22.5 Å². The average Bonchev–Trinajstić information content (AvgIpc) is 3.65. The minimum Gasteiger partial charge on any atom is -0.463 e. The molecule has 4 rings (SSSR count). The molecule has 4 unspecified atom stereocenters. The molecule has 0 aliphatic carbocycles. The number of aliphatic imine (C=N–C) groups is 1. The molecule has 1 aliphatic heterocycles. The Morgan fingerprint density at radius 3 is 2.67 bits per heavy atom. The van der Waals surface area contributed by atoms with Crippen molar-refractivity contribution in [2.45, 2.75) is 84.4 Å². The zero-order valence-corrected chi connectivity index (χ0v) is 25.2. The largest absolute Gasteiger partial charge is 0.463 e. The van der Waals surface area contributed by atoms with Crippen molar-refractivity contribution in [1.29, 1.82) is 5.26 Å². The van der Waals surface area contributed by atoms with Crippen LogP contribution in [-0.2, 0) is 13.8 Å². The number of hydrogen-bond acceptors (Lipinski definition) is 10. The SMILES string of the molecule is CCC1OC(n2nc(-c3ccco3)c3c(/N=C\N(C)C)ncnc32)CC1OP(OCCC#N)N(C(C)C)C(C)C. The molecule has 3 aromatic heterocycles. The lowest BCUT2D eigenvalue weighted by Crippen LogP contribution is -2.35. The summed E-state index contributed by atoms with van der Waals surface area (Å²) in [7, 11) is 2.38. The van der Waals surface area contributed by atoms with Gasteiger partial charge in [0.25, 0.3) is 8.53 Å². The van der Waals surface area contributed by atoms with Gasteiger partial charge in [0.15, 0.2) is 23.5 Å². The smallest absolute Gasteiger partial charge is 0.259 e. The Morgan fingerprint density at radius 1 is 1.27 bits per heavy atom. The molecule has 216 valence electrons. The fourth-order valence-electron chi connectivity index (χ4n) is 4.75. The van der Waals surface area contributed by atoms with E-state index < -0.39 is 14.8 Å². The maximum absolute atomic E-state index is 9.06. The summed E-state index contributed by atoms with van der Waals surface area (Å²) >= 11 is 0. The first-order valence-electron chi connectivity index (χ1n) is 13.6. The Balaban J connectivity index is 1.69. The van der Waals surface area contributed by atoms with E-state index in [9.17, 15) is 0 Å². The number of aromatic nitrogens is 4. The van der Waals surface area contributed by atoms with E-state index in [1.807, 2.05) is 31.1 Å². The van der Waals surface area contributed by atoms with Gasteiger partial charge in [-0.1, -0.05) is 6.92 Å². The maximum atomic E-state index is 9.06. The lowest BCUT2D eigenvalue weighted by atomic mass is 10.1. The Hall–Kier alpha value is -2.94. The van der Waals surface area contributed by atoms with Crippen LogP contribution in [0.15, 0.2) is 34.1 Å². The molecule has 0 bridgehead atoms. The van der Waals surface area contributed by atoms with Crippen LogP contribution in [0.2, 0.25) is 0 Å². The number of fused-ring (bicyclic) bond motifs is 1. The second kappa shape index (κ2) is 13.6. The van der Waals surface area contributed by atoms with E-state index in [-0.39, 0.29) is 24.3 Å². The molecule has 13 heteroatoms. The lowest BCUT2D eigenvalue weighted by molar-refractivity contribution is -0.0215. The molecule has 0 saturated carbocycles. The fraction of sp³-hybridized carbons (Fsp3) is 0.593. The molecule has 12 nitrogen and oxygen atoms in total. The second-order valence-electron chi connectivity index (χ2n) is 10.3. The number of nitrogens with zero attached hydrogens (tertiary/aromatic N) is 8. The van der Waals surface area contributed by atoms with Crippen LogP contribution >= 0.6 is 8.53 Å². The van der Waals surface area contributed by atoms with Crippen LogP contribution in [0, 0.1) is 11.3 Å². The Kier molecular flexibility index (Phi) is 10.2. The average molecular weight is 571 g/mol. The number of ether oxygens (including phenoxy) is 1. The topological polar surface area (TPSA) is 127 Å². The van der Waals surface area contributed by atoms with E-state index in [2.05, 4.69) is 60.3 Å². The van der Waals surface area contributed by atoms with Gasteiger partial charge in [0, 0.05) is 32.6 Å². The molecule has 1 aliphatic rings. The normalized spacial score (nSPS) is 20.4. The standard InChI is InChI=1S/C27H39N8O4P/c1-8-20-22(39-40(37-14-10-12-28)35(18(2)3)19(4)5)15-23(38-20)34-27-24(25(32-34)21-11-9-13-36-21)26(29-16-30-27)31-17-33(6)7/h9,11,13,16-20,22-23H,8,10,14-15H2,1-7H3/b31-17-. The van der Waals surface area contributed by atoms with E-state index in [4.69, 9.17) is 28.6 Å². The minimum atomic E-state index is -1.41. The van der Waals surface area contributed by atoms with Crippen molar-refractivity contribution in [3.05, 3.63) is 24.7 Å². The molecule has 0 aromatic carbocycles.